The van der Waals surface area contributed by atoms with Crippen molar-refractivity contribution in [1.82, 2.24) is 24.6 Å². The van der Waals surface area contributed by atoms with Crippen LogP contribution in [0.1, 0.15) is 44.3 Å². The van der Waals surface area contributed by atoms with Crippen LogP contribution >= 0.6 is 0 Å². The molecule has 186 valence electrons. The van der Waals surface area contributed by atoms with Crippen molar-refractivity contribution in [1.29, 1.82) is 0 Å². The van der Waals surface area contributed by atoms with Crippen LogP contribution in [-0.2, 0) is 11.3 Å². The van der Waals surface area contributed by atoms with Crippen molar-refractivity contribution in [2.45, 2.75) is 57.4 Å². The van der Waals surface area contributed by atoms with Gasteiger partial charge in [0.25, 0.3) is 11.1 Å². The molecule has 3 aliphatic heterocycles. The normalized spacial score (nSPS) is 25.9. The van der Waals surface area contributed by atoms with Crippen LogP contribution in [0.3, 0.4) is 0 Å². The van der Waals surface area contributed by atoms with Gasteiger partial charge in [0.05, 0.1) is 29.1 Å². The summed E-state index contributed by atoms with van der Waals surface area (Å²) >= 11 is 0. The third-order valence-corrected chi connectivity index (χ3v) is 7.95. The number of fused-ring (bicyclic) bond motifs is 5. The fourth-order valence-corrected chi connectivity index (χ4v) is 6.03. The molecule has 2 aromatic carbocycles. The van der Waals surface area contributed by atoms with Gasteiger partial charge in [0.2, 0.25) is 0 Å². The molecule has 9 nitrogen and oxygen atoms in total. The highest BCUT2D eigenvalue weighted by Crippen LogP contribution is 2.36. The lowest BCUT2D eigenvalue weighted by molar-refractivity contribution is 0.0148. The summed E-state index contributed by atoms with van der Waals surface area (Å²) < 4.78 is 14.3. The highest BCUT2D eigenvalue weighted by atomic mass is 16.5. The Hall–Kier alpha value is -3.43. The number of H-pyrrole nitrogens is 2. The van der Waals surface area contributed by atoms with Gasteiger partial charge in [-0.1, -0.05) is 12.1 Å². The molecule has 36 heavy (non-hydrogen) atoms. The summed E-state index contributed by atoms with van der Waals surface area (Å²) in [5.41, 5.74) is 3.37. The second kappa shape index (κ2) is 8.31. The van der Waals surface area contributed by atoms with E-state index in [4.69, 9.17) is 14.5 Å². The van der Waals surface area contributed by atoms with E-state index in [1.54, 1.807) is 16.8 Å². The Balaban J connectivity index is 1.48. The second-order valence-corrected chi connectivity index (χ2v) is 10.3. The Morgan fingerprint density at radius 3 is 2.92 bits per heavy atom. The van der Waals surface area contributed by atoms with Crippen molar-refractivity contribution >= 4 is 21.9 Å². The van der Waals surface area contributed by atoms with Crippen LogP contribution in [0.5, 0.6) is 5.75 Å². The number of benzene rings is 2. The van der Waals surface area contributed by atoms with E-state index < -0.39 is 0 Å². The first kappa shape index (κ1) is 21.8. The first-order valence-corrected chi connectivity index (χ1v) is 12.9. The van der Waals surface area contributed by atoms with E-state index in [0.717, 1.165) is 50.9 Å². The van der Waals surface area contributed by atoms with Crippen LogP contribution in [0.4, 0.5) is 0 Å². The number of nitrogens with zero attached hydrogens (tertiary/aromatic N) is 3. The molecule has 0 spiro atoms. The molecule has 2 fully saturated rings. The summed E-state index contributed by atoms with van der Waals surface area (Å²) in [5.74, 6) is 0.670. The van der Waals surface area contributed by atoms with E-state index in [0.29, 0.717) is 45.8 Å². The van der Waals surface area contributed by atoms with E-state index in [1.807, 2.05) is 18.2 Å². The summed E-state index contributed by atoms with van der Waals surface area (Å²) in [5, 5.41) is 3.81. The number of hydrogen-bond acceptors (Lipinski definition) is 6. The lowest BCUT2D eigenvalue weighted by Crippen LogP contribution is -2.33. The molecule has 9 heteroatoms. The van der Waals surface area contributed by atoms with Crippen LogP contribution in [0.15, 0.2) is 39.9 Å². The minimum Gasteiger partial charge on any atom is -0.487 e. The molecule has 2 aromatic heterocycles. The summed E-state index contributed by atoms with van der Waals surface area (Å²) in [6, 6.07) is 9.77. The summed E-state index contributed by atoms with van der Waals surface area (Å²) in [7, 11) is 0. The van der Waals surface area contributed by atoms with Gasteiger partial charge >= 0.3 is 0 Å². The molecule has 4 aromatic rings. The standard InChI is InChI=1S/C27H29N5O4/c1-15-11-17-14-31(15)8-9-32-27(34)19-6-4-5-18(23(19)30-32)24-26(33)28-20-12-16(21-7-2-3-10-35-21)13-22(36-17)25(20)29-24/h4-6,12-13,15,17,21,30H,2-3,7-11,14H2,1H3,(H,28,33)/t15-,17+,21?/m1/s1. The van der Waals surface area contributed by atoms with Gasteiger partial charge in [-0.2, -0.15) is 0 Å². The molecule has 0 saturated carbocycles. The van der Waals surface area contributed by atoms with Crippen LogP contribution in [-0.4, -0.2) is 56.5 Å². The molecule has 0 amide bonds. The first-order valence-electron chi connectivity index (χ1n) is 12.9. The smallest absolute Gasteiger partial charge is 0.275 e. The molecule has 6 bridgehead atoms. The molecule has 5 heterocycles. The molecule has 0 aliphatic carbocycles. The molecule has 2 unspecified atom stereocenters. The van der Waals surface area contributed by atoms with Gasteiger partial charge in [-0.15, -0.1) is 0 Å². The number of ether oxygens (including phenoxy) is 2. The van der Waals surface area contributed by atoms with Crippen LogP contribution in [0.25, 0.3) is 33.2 Å². The van der Waals surface area contributed by atoms with E-state index in [9.17, 15) is 9.59 Å². The average molecular weight is 488 g/mol. The monoisotopic (exact) mass is 487 g/mol. The minimum absolute atomic E-state index is 0.00955. The van der Waals surface area contributed by atoms with Crippen LogP contribution in [0, 0.1) is 0 Å². The fraction of sp³-hybridized carbons (Fsp3) is 0.444. The Kier molecular flexibility index (Phi) is 5.04. The van der Waals surface area contributed by atoms with E-state index in [2.05, 4.69) is 21.9 Å². The number of hydrogen-bond donors (Lipinski definition) is 2. The van der Waals surface area contributed by atoms with Crippen molar-refractivity contribution < 1.29 is 9.47 Å². The van der Waals surface area contributed by atoms with Gasteiger partial charge in [0.15, 0.2) is 0 Å². The SMILES string of the molecule is C[C@@H]1C[C@H]2CN1CCn1[nH]c3c(cccc3c1=O)-c1nc3c(cc(C4CCCCO4)cc3[nH]c1=O)O2. The zero-order chi connectivity index (χ0) is 24.4. The number of aromatic nitrogens is 4. The van der Waals surface area contributed by atoms with E-state index in [-0.39, 0.29) is 29.0 Å². The summed E-state index contributed by atoms with van der Waals surface area (Å²) in [4.78, 5) is 36.8. The Morgan fingerprint density at radius 2 is 2.06 bits per heavy atom. The van der Waals surface area contributed by atoms with Gasteiger partial charge in [0.1, 0.15) is 23.1 Å². The molecular weight excluding hydrogens is 458 g/mol. The fourth-order valence-electron chi connectivity index (χ4n) is 6.03. The number of para-hydroxylation sites is 1. The van der Waals surface area contributed by atoms with Crippen molar-refractivity contribution in [3.63, 3.8) is 0 Å². The number of rotatable bonds is 1. The maximum absolute atomic E-state index is 13.3. The highest BCUT2D eigenvalue weighted by Gasteiger charge is 2.32. The number of nitrogens with one attached hydrogen (secondary N) is 2. The van der Waals surface area contributed by atoms with E-state index in [1.165, 1.54) is 0 Å². The molecule has 2 saturated heterocycles. The predicted octanol–water partition coefficient (Wildman–Crippen LogP) is 3.33. The second-order valence-electron chi connectivity index (χ2n) is 10.3. The average Bonchev–Trinajstić information content (AvgIpc) is 3.40. The molecule has 0 radical (unpaired) electrons. The summed E-state index contributed by atoms with van der Waals surface area (Å²) in [6.45, 7) is 4.98. The molecule has 7 rings (SSSR count). The Bertz CT molecular complexity index is 1600. The van der Waals surface area contributed by atoms with Crippen LogP contribution in [0.2, 0.25) is 0 Å². The molecule has 2 N–H and O–H groups in total. The topological polar surface area (TPSA) is 105 Å². The Labute approximate surface area is 207 Å². The largest absolute Gasteiger partial charge is 0.487 e. The van der Waals surface area contributed by atoms with Crippen molar-refractivity contribution in [2.24, 2.45) is 0 Å². The quantitative estimate of drug-likeness (QED) is 0.427. The van der Waals surface area contributed by atoms with Crippen molar-refractivity contribution in [3.8, 4) is 17.0 Å². The highest BCUT2D eigenvalue weighted by molar-refractivity contribution is 5.93. The zero-order valence-corrected chi connectivity index (χ0v) is 20.3. The molecule has 4 atom stereocenters. The lowest BCUT2D eigenvalue weighted by Gasteiger charge is -2.24. The van der Waals surface area contributed by atoms with Gasteiger partial charge in [0, 0.05) is 37.7 Å². The first-order chi connectivity index (χ1) is 17.5. The van der Waals surface area contributed by atoms with E-state index >= 15 is 0 Å². The maximum atomic E-state index is 13.3. The van der Waals surface area contributed by atoms with Gasteiger partial charge in [-0.3, -0.25) is 24.3 Å². The van der Waals surface area contributed by atoms with Gasteiger partial charge in [-0.25, -0.2) is 4.98 Å². The maximum Gasteiger partial charge on any atom is 0.275 e. The zero-order valence-electron chi connectivity index (χ0n) is 20.3. The van der Waals surface area contributed by atoms with Crippen LogP contribution < -0.4 is 15.9 Å². The molecular formula is C27H29N5O4. The third kappa shape index (κ3) is 3.49. The molecule has 3 aliphatic rings. The Morgan fingerprint density at radius 1 is 1.14 bits per heavy atom. The lowest BCUT2D eigenvalue weighted by atomic mass is 10.00. The minimum atomic E-state index is -0.302. The third-order valence-electron chi connectivity index (χ3n) is 7.95. The van der Waals surface area contributed by atoms with Gasteiger partial charge < -0.3 is 14.5 Å². The van der Waals surface area contributed by atoms with Gasteiger partial charge in [-0.05, 0) is 49.9 Å². The summed E-state index contributed by atoms with van der Waals surface area (Å²) in [6.07, 6.45) is 3.98. The van der Waals surface area contributed by atoms with Crippen molar-refractivity contribution in [2.75, 3.05) is 19.7 Å². The predicted molar refractivity (Wildman–Crippen MR) is 137 cm³/mol. The van der Waals surface area contributed by atoms with Crippen molar-refractivity contribution in [3.05, 3.63) is 56.6 Å². The number of aromatic amines is 2.